The van der Waals surface area contributed by atoms with Gasteiger partial charge in [0.2, 0.25) is 0 Å². The highest BCUT2D eigenvalue weighted by Crippen LogP contribution is 2.13. The molecule has 0 aliphatic heterocycles. The van der Waals surface area contributed by atoms with Crippen molar-refractivity contribution >= 4 is 15.8 Å². The molecule has 0 aliphatic carbocycles. The predicted molar refractivity (Wildman–Crippen MR) is 84.0 cm³/mol. The summed E-state index contributed by atoms with van der Waals surface area (Å²) in [6.45, 7) is 4.32. The van der Waals surface area contributed by atoms with Crippen LogP contribution in [0.4, 0.5) is 0 Å². The van der Waals surface area contributed by atoms with Gasteiger partial charge in [-0.2, -0.15) is 0 Å². The Morgan fingerprint density at radius 2 is 1.86 bits per heavy atom. The SMILES string of the molecule is CCOC(=O)CCC(/C=C/S(=O)(=O)c1ccccc1)OCC. The average Bonchev–Trinajstić information content (AvgIpc) is 2.51. The standard InChI is InChI=1S/C16H22O5S/c1-3-20-14(10-11-16(17)21-4-2)12-13-22(18,19)15-8-6-5-7-9-15/h5-9,12-14H,3-4,10-11H2,1-2H3/b13-12+. The summed E-state index contributed by atoms with van der Waals surface area (Å²) >= 11 is 0. The van der Waals surface area contributed by atoms with Crippen molar-refractivity contribution in [1.29, 1.82) is 0 Å². The van der Waals surface area contributed by atoms with E-state index in [1.54, 1.807) is 25.1 Å². The van der Waals surface area contributed by atoms with Gasteiger partial charge in [0.25, 0.3) is 0 Å². The predicted octanol–water partition coefficient (Wildman–Crippen LogP) is 2.72. The molecular formula is C16H22O5S. The Labute approximate surface area is 131 Å². The Morgan fingerprint density at radius 1 is 1.18 bits per heavy atom. The van der Waals surface area contributed by atoms with E-state index in [2.05, 4.69) is 0 Å². The molecule has 0 aliphatic rings. The third kappa shape index (κ3) is 6.41. The summed E-state index contributed by atoms with van der Waals surface area (Å²) in [5.74, 6) is -0.313. The number of hydrogen-bond acceptors (Lipinski definition) is 5. The third-order valence-electron chi connectivity index (χ3n) is 2.86. The molecule has 1 aromatic rings. The molecule has 0 aromatic heterocycles. The van der Waals surface area contributed by atoms with Gasteiger partial charge in [0.05, 0.1) is 17.6 Å². The second-order valence-electron chi connectivity index (χ2n) is 4.52. The lowest BCUT2D eigenvalue weighted by molar-refractivity contribution is -0.143. The van der Waals surface area contributed by atoms with Gasteiger partial charge in [0.15, 0.2) is 9.84 Å². The van der Waals surface area contributed by atoms with Crippen molar-refractivity contribution in [2.45, 2.75) is 37.7 Å². The fourth-order valence-corrected chi connectivity index (χ4v) is 2.90. The van der Waals surface area contributed by atoms with E-state index in [1.165, 1.54) is 18.2 Å². The molecule has 6 heteroatoms. The zero-order valence-corrected chi connectivity index (χ0v) is 13.7. The van der Waals surface area contributed by atoms with Crippen LogP contribution in [0.2, 0.25) is 0 Å². The van der Waals surface area contributed by atoms with Crippen LogP contribution in [0.5, 0.6) is 0 Å². The van der Waals surface area contributed by atoms with Crippen LogP contribution in [-0.2, 0) is 24.1 Å². The zero-order valence-electron chi connectivity index (χ0n) is 12.9. The van der Waals surface area contributed by atoms with Gasteiger partial charge in [-0.15, -0.1) is 0 Å². The van der Waals surface area contributed by atoms with Gasteiger partial charge >= 0.3 is 5.97 Å². The van der Waals surface area contributed by atoms with Crippen LogP contribution in [0.3, 0.4) is 0 Å². The van der Waals surface area contributed by atoms with Gasteiger partial charge in [-0.05, 0) is 38.5 Å². The maximum absolute atomic E-state index is 12.1. The van der Waals surface area contributed by atoms with Gasteiger partial charge in [0, 0.05) is 18.4 Å². The van der Waals surface area contributed by atoms with Crippen LogP contribution in [0.1, 0.15) is 26.7 Å². The molecule has 22 heavy (non-hydrogen) atoms. The molecule has 0 radical (unpaired) electrons. The minimum Gasteiger partial charge on any atom is -0.466 e. The van der Waals surface area contributed by atoms with Crippen molar-refractivity contribution in [1.82, 2.24) is 0 Å². The molecule has 0 saturated heterocycles. The highest BCUT2D eigenvalue weighted by molar-refractivity contribution is 7.94. The number of hydrogen-bond donors (Lipinski definition) is 0. The fourth-order valence-electron chi connectivity index (χ4n) is 1.82. The zero-order chi connectivity index (χ0) is 16.4. The van der Waals surface area contributed by atoms with E-state index in [0.717, 1.165) is 5.41 Å². The van der Waals surface area contributed by atoms with Crippen LogP contribution in [0.15, 0.2) is 46.7 Å². The van der Waals surface area contributed by atoms with Gasteiger partial charge in [0.1, 0.15) is 0 Å². The maximum atomic E-state index is 12.1. The maximum Gasteiger partial charge on any atom is 0.305 e. The largest absolute Gasteiger partial charge is 0.466 e. The molecule has 1 atom stereocenters. The number of benzene rings is 1. The lowest BCUT2D eigenvalue weighted by atomic mass is 10.2. The van der Waals surface area contributed by atoms with E-state index < -0.39 is 15.9 Å². The summed E-state index contributed by atoms with van der Waals surface area (Å²) in [5.41, 5.74) is 0. The van der Waals surface area contributed by atoms with Crippen molar-refractivity contribution < 1.29 is 22.7 Å². The van der Waals surface area contributed by atoms with Crippen LogP contribution in [0, 0.1) is 0 Å². The number of esters is 1. The molecule has 0 N–H and O–H groups in total. The lowest BCUT2D eigenvalue weighted by Gasteiger charge is -2.12. The van der Waals surface area contributed by atoms with E-state index in [0.29, 0.717) is 19.6 Å². The van der Waals surface area contributed by atoms with Crippen LogP contribution < -0.4 is 0 Å². The monoisotopic (exact) mass is 326 g/mol. The second kappa shape index (κ2) is 9.38. The van der Waals surface area contributed by atoms with Gasteiger partial charge in [-0.1, -0.05) is 18.2 Å². The second-order valence-corrected chi connectivity index (χ2v) is 6.36. The van der Waals surface area contributed by atoms with E-state index in [4.69, 9.17) is 9.47 Å². The normalized spacial score (nSPS) is 13.2. The highest BCUT2D eigenvalue weighted by atomic mass is 32.2. The average molecular weight is 326 g/mol. The smallest absolute Gasteiger partial charge is 0.305 e. The highest BCUT2D eigenvalue weighted by Gasteiger charge is 2.13. The van der Waals surface area contributed by atoms with Crippen LogP contribution in [0.25, 0.3) is 0 Å². The molecule has 1 rings (SSSR count). The molecular weight excluding hydrogens is 304 g/mol. The summed E-state index contributed by atoms with van der Waals surface area (Å²) in [7, 11) is -3.50. The topological polar surface area (TPSA) is 69.7 Å². The molecule has 0 saturated carbocycles. The van der Waals surface area contributed by atoms with E-state index in [1.807, 2.05) is 6.92 Å². The molecule has 5 nitrogen and oxygen atoms in total. The summed E-state index contributed by atoms with van der Waals surface area (Å²) in [6, 6.07) is 8.16. The summed E-state index contributed by atoms with van der Waals surface area (Å²) in [4.78, 5) is 11.6. The Kier molecular flexibility index (Phi) is 7.84. The van der Waals surface area contributed by atoms with Gasteiger partial charge < -0.3 is 9.47 Å². The van der Waals surface area contributed by atoms with Crippen molar-refractivity contribution in [2.24, 2.45) is 0 Å². The minimum atomic E-state index is -3.50. The Balaban J connectivity index is 2.71. The number of carbonyl (C=O) groups excluding carboxylic acids is 1. The van der Waals surface area contributed by atoms with E-state index in [-0.39, 0.29) is 17.3 Å². The van der Waals surface area contributed by atoms with E-state index in [9.17, 15) is 13.2 Å². The molecule has 0 bridgehead atoms. The Bertz CT molecular complexity index is 578. The van der Waals surface area contributed by atoms with Crippen molar-refractivity contribution in [3.8, 4) is 0 Å². The third-order valence-corrected chi connectivity index (χ3v) is 4.31. The van der Waals surface area contributed by atoms with Crippen LogP contribution >= 0.6 is 0 Å². The molecule has 0 fully saturated rings. The molecule has 0 spiro atoms. The summed E-state index contributed by atoms with van der Waals surface area (Å²) < 4.78 is 34.6. The molecule has 122 valence electrons. The summed E-state index contributed by atoms with van der Waals surface area (Å²) in [6.07, 6.45) is 1.61. The molecule has 0 amide bonds. The minimum absolute atomic E-state index is 0.189. The van der Waals surface area contributed by atoms with Crippen LogP contribution in [-0.4, -0.2) is 33.7 Å². The quantitative estimate of drug-likeness (QED) is 0.653. The van der Waals surface area contributed by atoms with Crippen molar-refractivity contribution in [2.75, 3.05) is 13.2 Å². The summed E-state index contributed by atoms with van der Waals surface area (Å²) in [5, 5.41) is 1.13. The number of ether oxygens (including phenoxy) is 2. The van der Waals surface area contributed by atoms with E-state index >= 15 is 0 Å². The lowest BCUT2D eigenvalue weighted by Crippen LogP contribution is -2.14. The molecule has 1 aromatic carbocycles. The van der Waals surface area contributed by atoms with Crippen molar-refractivity contribution in [3.05, 3.63) is 41.8 Å². The number of sulfone groups is 1. The van der Waals surface area contributed by atoms with Gasteiger partial charge in [-0.25, -0.2) is 8.42 Å². The van der Waals surface area contributed by atoms with Crippen molar-refractivity contribution in [3.63, 3.8) is 0 Å². The number of rotatable bonds is 9. The first kappa shape index (κ1) is 18.4. The number of carbonyl (C=O) groups is 1. The van der Waals surface area contributed by atoms with Gasteiger partial charge in [-0.3, -0.25) is 4.79 Å². The molecule has 0 heterocycles. The first-order valence-electron chi connectivity index (χ1n) is 7.25. The Hall–Kier alpha value is -1.66. The first-order valence-corrected chi connectivity index (χ1v) is 8.79. The molecule has 1 unspecified atom stereocenters. The first-order chi connectivity index (χ1) is 10.5. The Morgan fingerprint density at radius 3 is 2.45 bits per heavy atom. The fraction of sp³-hybridized carbons (Fsp3) is 0.438.